The third-order valence-electron chi connectivity index (χ3n) is 3.97. The predicted octanol–water partition coefficient (Wildman–Crippen LogP) is 3.67. The molecule has 1 aliphatic heterocycles. The first kappa shape index (κ1) is 19.2. The molecule has 1 fully saturated rings. The maximum atomic E-state index is 13.1. The Morgan fingerprint density at radius 3 is 2.30 bits per heavy atom. The van der Waals surface area contributed by atoms with Gasteiger partial charge in [0, 0.05) is 32.4 Å². The molecule has 0 amide bonds. The van der Waals surface area contributed by atoms with Crippen LogP contribution in [0.4, 0.5) is 43.7 Å². The number of rotatable bonds is 3. The van der Waals surface area contributed by atoms with Crippen molar-refractivity contribution in [3.8, 4) is 0 Å². The molecule has 0 unspecified atom stereocenters. The highest BCUT2D eigenvalue weighted by Crippen LogP contribution is 2.37. The summed E-state index contributed by atoms with van der Waals surface area (Å²) >= 11 is 0. The highest BCUT2D eigenvalue weighted by molar-refractivity contribution is 5.74. The van der Waals surface area contributed by atoms with Crippen LogP contribution < -0.4 is 15.5 Å². The second kappa shape index (κ2) is 7.22. The Hall–Kier alpha value is -2.56. The molecular weight excluding hydrogens is 376 g/mol. The molecule has 1 saturated heterocycles. The molecule has 1 aromatic heterocycles. The maximum absolute atomic E-state index is 13.1. The fourth-order valence-electron chi connectivity index (χ4n) is 2.69. The monoisotopic (exact) mass is 391 g/mol. The van der Waals surface area contributed by atoms with E-state index in [1.54, 1.807) is 0 Å². The lowest BCUT2D eigenvalue weighted by Gasteiger charge is -2.31. The Morgan fingerprint density at radius 1 is 0.963 bits per heavy atom. The molecule has 0 bridgehead atoms. The van der Waals surface area contributed by atoms with Crippen molar-refractivity contribution in [2.75, 3.05) is 36.4 Å². The van der Waals surface area contributed by atoms with E-state index in [-0.39, 0.29) is 5.69 Å². The van der Waals surface area contributed by atoms with Gasteiger partial charge in [-0.3, -0.25) is 0 Å². The molecule has 0 saturated carbocycles. The van der Waals surface area contributed by atoms with Crippen LogP contribution >= 0.6 is 0 Å². The SMILES string of the molecule is FC(F)(F)c1ccc(N2CCNCC2)c(Nc2nccc(C(F)(F)F)n2)c1. The summed E-state index contributed by atoms with van der Waals surface area (Å²) in [6.45, 7) is 2.37. The summed E-state index contributed by atoms with van der Waals surface area (Å²) in [5, 5.41) is 5.63. The number of nitrogens with one attached hydrogen (secondary N) is 2. The normalized spacial score (nSPS) is 15.7. The first-order chi connectivity index (χ1) is 12.6. The summed E-state index contributed by atoms with van der Waals surface area (Å²) in [5.74, 6) is -0.430. The smallest absolute Gasteiger partial charge is 0.367 e. The molecule has 0 atom stereocenters. The highest BCUT2D eigenvalue weighted by atomic mass is 19.4. The van der Waals surface area contributed by atoms with E-state index in [4.69, 9.17) is 0 Å². The van der Waals surface area contributed by atoms with Gasteiger partial charge >= 0.3 is 12.4 Å². The van der Waals surface area contributed by atoms with Crippen molar-refractivity contribution in [1.29, 1.82) is 0 Å². The Balaban J connectivity index is 1.98. The van der Waals surface area contributed by atoms with E-state index in [1.807, 2.05) is 4.90 Å². The Labute approximate surface area is 150 Å². The quantitative estimate of drug-likeness (QED) is 0.783. The maximum Gasteiger partial charge on any atom is 0.433 e. The van der Waals surface area contributed by atoms with Crippen LogP contribution in [0.5, 0.6) is 0 Å². The number of anilines is 3. The third kappa shape index (κ3) is 4.59. The van der Waals surface area contributed by atoms with Crippen molar-refractivity contribution >= 4 is 17.3 Å². The van der Waals surface area contributed by atoms with Crippen LogP contribution in [0.1, 0.15) is 11.3 Å². The lowest BCUT2D eigenvalue weighted by molar-refractivity contribution is -0.141. The van der Waals surface area contributed by atoms with Gasteiger partial charge in [-0.2, -0.15) is 26.3 Å². The molecule has 146 valence electrons. The minimum absolute atomic E-state index is 0.00829. The number of nitrogens with zero attached hydrogens (tertiary/aromatic N) is 3. The third-order valence-corrected chi connectivity index (χ3v) is 3.97. The number of hydrogen-bond acceptors (Lipinski definition) is 5. The van der Waals surface area contributed by atoms with Gasteiger partial charge in [0.25, 0.3) is 0 Å². The molecule has 3 rings (SSSR count). The van der Waals surface area contributed by atoms with Crippen molar-refractivity contribution in [1.82, 2.24) is 15.3 Å². The summed E-state index contributed by atoms with van der Waals surface area (Å²) in [6, 6.07) is 3.77. The van der Waals surface area contributed by atoms with Gasteiger partial charge in [-0.1, -0.05) is 0 Å². The Kier molecular flexibility index (Phi) is 5.13. The van der Waals surface area contributed by atoms with Crippen molar-refractivity contribution in [3.05, 3.63) is 41.7 Å². The zero-order chi connectivity index (χ0) is 19.7. The first-order valence-corrected chi connectivity index (χ1v) is 7.99. The molecule has 1 aliphatic rings. The van der Waals surface area contributed by atoms with Crippen molar-refractivity contribution < 1.29 is 26.3 Å². The number of benzene rings is 1. The summed E-state index contributed by atoms with van der Waals surface area (Å²) < 4.78 is 77.7. The minimum atomic E-state index is -4.69. The van der Waals surface area contributed by atoms with E-state index in [2.05, 4.69) is 20.6 Å². The van der Waals surface area contributed by atoms with Crippen molar-refractivity contribution in [2.24, 2.45) is 0 Å². The summed E-state index contributed by atoms with van der Waals surface area (Å²) in [5.41, 5.74) is -1.68. The van der Waals surface area contributed by atoms with Gasteiger partial charge in [0.15, 0.2) is 0 Å². The van der Waals surface area contributed by atoms with Gasteiger partial charge in [0.1, 0.15) is 5.69 Å². The topological polar surface area (TPSA) is 53.1 Å². The second-order valence-corrected chi connectivity index (χ2v) is 5.85. The average Bonchev–Trinajstić information content (AvgIpc) is 2.61. The van der Waals surface area contributed by atoms with E-state index in [1.165, 1.54) is 6.07 Å². The molecule has 27 heavy (non-hydrogen) atoms. The second-order valence-electron chi connectivity index (χ2n) is 5.85. The van der Waals surface area contributed by atoms with E-state index < -0.39 is 29.6 Å². The molecule has 5 nitrogen and oxygen atoms in total. The van der Waals surface area contributed by atoms with Crippen molar-refractivity contribution in [2.45, 2.75) is 12.4 Å². The van der Waals surface area contributed by atoms with Gasteiger partial charge < -0.3 is 15.5 Å². The molecule has 0 aliphatic carbocycles. The van der Waals surface area contributed by atoms with Crippen LogP contribution in [-0.4, -0.2) is 36.1 Å². The molecule has 11 heteroatoms. The first-order valence-electron chi connectivity index (χ1n) is 7.99. The van der Waals surface area contributed by atoms with Crippen LogP contribution in [0.3, 0.4) is 0 Å². The van der Waals surface area contributed by atoms with Crippen LogP contribution in [0.15, 0.2) is 30.5 Å². The van der Waals surface area contributed by atoms with Crippen LogP contribution in [0.2, 0.25) is 0 Å². The van der Waals surface area contributed by atoms with Gasteiger partial charge in [0.2, 0.25) is 5.95 Å². The van der Waals surface area contributed by atoms with Crippen LogP contribution in [-0.2, 0) is 12.4 Å². The summed E-state index contributed by atoms with van der Waals surface area (Å²) in [6.07, 6.45) is -8.38. The van der Waals surface area contributed by atoms with Gasteiger partial charge in [0.05, 0.1) is 16.9 Å². The predicted molar refractivity (Wildman–Crippen MR) is 86.8 cm³/mol. The summed E-state index contributed by atoms with van der Waals surface area (Å²) in [7, 11) is 0. The summed E-state index contributed by atoms with van der Waals surface area (Å²) in [4.78, 5) is 8.89. The number of aromatic nitrogens is 2. The zero-order valence-corrected chi connectivity index (χ0v) is 13.8. The lowest BCUT2D eigenvalue weighted by Crippen LogP contribution is -2.43. The minimum Gasteiger partial charge on any atom is -0.367 e. The van der Waals surface area contributed by atoms with Crippen LogP contribution in [0, 0.1) is 0 Å². The molecule has 2 aromatic rings. The largest absolute Gasteiger partial charge is 0.433 e. The zero-order valence-electron chi connectivity index (χ0n) is 13.8. The lowest BCUT2D eigenvalue weighted by atomic mass is 10.1. The highest BCUT2D eigenvalue weighted by Gasteiger charge is 2.34. The fraction of sp³-hybridized carbons (Fsp3) is 0.375. The molecule has 0 spiro atoms. The fourth-order valence-corrected chi connectivity index (χ4v) is 2.69. The van der Waals surface area contributed by atoms with E-state index in [0.717, 1.165) is 18.3 Å². The number of hydrogen-bond donors (Lipinski definition) is 2. The Bertz CT molecular complexity index is 799. The Morgan fingerprint density at radius 2 is 1.67 bits per heavy atom. The van der Waals surface area contributed by atoms with Gasteiger partial charge in [-0.25, -0.2) is 9.97 Å². The van der Waals surface area contributed by atoms with Gasteiger partial charge in [-0.05, 0) is 24.3 Å². The van der Waals surface area contributed by atoms with Gasteiger partial charge in [-0.15, -0.1) is 0 Å². The molecule has 2 heterocycles. The van der Waals surface area contributed by atoms with E-state index >= 15 is 0 Å². The number of alkyl halides is 6. The number of halogens is 6. The van der Waals surface area contributed by atoms with E-state index in [9.17, 15) is 26.3 Å². The molecule has 2 N–H and O–H groups in total. The number of piperazine rings is 1. The van der Waals surface area contributed by atoms with Crippen molar-refractivity contribution in [3.63, 3.8) is 0 Å². The molecule has 1 aromatic carbocycles. The van der Waals surface area contributed by atoms with Crippen LogP contribution in [0.25, 0.3) is 0 Å². The molecular formula is C16H15F6N5. The standard InChI is InChI=1S/C16H15F6N5/c17-15(18,19)10-1-2-12(27-7-5-23-6-8-27)11(9-10)25-14-24-4-3-13(26-14)16(20,21)22/h1-4,9,23H,5-8H2,(H,24,25,26). The van der Waals surface area contributed by atoms with E-state index in [0.29, 0.717) is 37.9 Å². The molecule has 0 radical (unpaired) electrons. The average molecular weight is 391 g/mol.